The SMILES string of the molecule is COc1cccc2c1CCCc1nc(NC(=O)c3cncc(C)c3)sc1-2. The Morgan fingerprint density at radius 3 is 2.96 bits per heavy atom. The molecule has 0 saturated carbocycles. The Kier molecular flexibility index (Phi) is 4.42. The Morgan fingerprint density at radius 1 is 1.27 bits per heavy atom. The number of thiazole rings is 1. The molecule has 6 heteroatoms. The van der Waals surface area contributed by atoms with E-state index in [-0.39, 0.29) is 5.91 Å². The highest BCUT2D eigenvalue weighted by Gasteiger charge is 2.22. The monoisotopic (exact) mass is 365 g/mol. The van der Waals surface area contributed by atoms with Gasteiger partial charge in [0.1, 0.15) is 5.75 Å². The number of ether oxygens (including phenoxy) is 1. The van der Waals surface area contributed by atoms with E-state index in [4.69, 9.17) is 4.74 Å². The number of nitrogens with one attached hydrogen (secondary N) is 1. The van der Waals surface area contributed by atoms with E-state index in [1.54, 1.807) is 19.5 Å². The molecular weight excluding hydrogens is 346 g/mol. The van der Waals surface area contributed by atoms with E-state index < -0.39 is 0 Å². The molecule has 0 radical (unpaired) electrons. The van der Waals surface area contributed by atoms with Gasteiger partial charge in [-0.15, -0.1) is 0 Å². The smallest absolute Gasteiger partial charge is 0.259 e. The number of pyridine rings is 1. The van der Waals surface area contributed by atoms with Gasteiger partial charge in [-0.3, -0.25) is 15.1 Å². The topological polar surface area (TPSA) is 64.1 Å². The van der Waals surface area contributed by atoms with Gasteiger partial charge >= 0.3 is 0 Å². The summed E-state index contributed by atoms with van der Waals surface area (Å²) in [6.45, 7) is 1.92. The summed E-state index contributed by atoms with van der Waals surface area (Å²) in [5.74, 6) is 0.733. The highest BCUT2D eigenvalue weighted by Crippen LogP contribution is 2.41. The summed E-state index contributed by atoms with van der Waals surface area (Å²) >= 11 is 1.52. The van der Waals surface area contributed by atoms with E-state index in [1.807, 2.05) is 25.1 Å². The molecule has 0 spiro atoms. The van der Waals surface area contributed by atoms with E-state index in [0.29, 0.717) is 10.7 Å². The van der Waals surface area contributed by atoms with Crippen LogP contribution in [0.5, 0.6) is 5.75 Å². The molecule has 0 fully saturated rings. The average molecular weight is 365 g/mol. The number of hydrogen-bond donors (Lipinski definition) is 1. The molecule has 0 atom stereocenters. The fourth-order valence-corrected chi connectivity index (χ4v) is 4.35. The number of aryl methyl sites for hydroxylation is 2. The first-order valence-corrected chi connectivity index (χ1v) is 9.36. The van der Waals surface area contributed by atoms with Crippen LogP contribution < -0.4 is 10.1 Å². The normalized spacial score (nSPS) is 12.7. The molecule has 132 valence electrons. The maximum absolute atomic E-state index is 12.5. The number of amides is 1. The van der Waals surface area contributed by atoms with Crippen LogP contribution in [0.15, 0.2) is 36.7 Å². The maximum atomic E-state index is 12.5. The van der Waals surface area contributed by atoms with Crippen LogP contribution in [0.3, 0.4) is 0 Å². The molecule has 0 aliphatic heterocycles. The zero-order valence-electron chi connectivity index (χ0n) is 14.7. The lowest BCUT2D eigenvalue weighted by atomic mass is 10.0. The minimum atomic E-state index is -0.184. The predicted molar refractivity (Wildman–Crippen MR) is 103 cm³/mol. The number of carbonyl (C=O) groups excluding carboxylic acids is 1. The Labute approximate surface area is 156 Å². The lowest BCUT2D eigenvalue weighted by Crippen LogP contribution is -2.12. The summed E-state index contributed by atoms with van der Waals surface area (Å²) in [5.41, 5.74) is 4.91. The summed E-state index contributed by atoms with van der Waals surface area (Å²) in [7, 11) is 1.70. The zero-order valence-corrected chi connectivity index (χ0v) is 15.5. The molecule has 1 amide bonds. The molecule has 0 saturated heterocycles. The molecule has 0 bridgehead atoms. The number of hydrogen-bond acceptors (Lipinski definition) is 5. The van der Waals surface area contributed by atoms with Crippen molar-refractivity contribution in [3.8, 4) is 16.2 Å². The minimum absolute atomic E-state index is 0.184. The standard InChI is InChI=1S/C20H19N3O2S/c1-12-9-13(11-21-10-12)19(24)23-20-22-16-7-3-5-14-15(18(16)26-20)6-4-8-17(14)25-2/h4,6,8-11H,3,5,7H2,1-2H3,(H,22,23,24). The molecule has 3 aromatic rings. The molecule has 4 rings (SSSR count). The fourth-order valence-electron chi connectivity index (χ4n) is 3.29. The van der Waals surface area contributed by atoms with Crippen LogP contribution in [-0.4, -0.2) is 23.0 Å². The molecule has 5 nitrogen and oxygen atoms in total. The van der Waals surface area contributed by atoms with Crippen LogP contribution in [0, 0.1) is 6.92 Å². The molecule has 2 heterocycles. The second kappa shape index (κ2) is 6.88. The summed E-state index contributed by atoms with van der Waals surface area (Å²) in [6, 6.07) is 7.93. The summed E-state index contributed by atoms with van der Waals surface area (Å²) in [5, 5.41) is 3.54. The van der Waals surface area contributed by atoms with Crippen molar-refractivity contribution in [1.29, 1.82) is 0 Å². The van der Waals surface area contributed by atoms with Crippen molar-refractivity contribution in [1.82, 2.24) is 9.97 Å². The third-order valence-electron chi connectivity index (χ3n) is 4.49. The van der Waals surface area contributed by atoms with Crippen molar-refractivity contribution in [3.63, 3.8) is 0 Å². The first kappa shape index (κ1) is 16.7. The molecule has 1 aliphatic carbocycles. The summed E-state index contributed by atoms with van der Waals surface area (Å²) < 4.78 is 5.53. The summed E-state index contributed by atoms with van der Waals surface area (Å²) in [4.78, 5) is 22.4. The van der Waals surface area contributed by atoms with Gasteiger partial charge in [0.15, 0.2) is 5.13 Å². The van der Waals surface area contributed by atoms with Gasteiger partial charge in [-0.1, -0.05) is 23.5 Å². The van der Waals surface area contributed by atoms with Crippen LogP contribution in [0.2, 0.25) is 0 Å². The highest BCUT2D eigenvalue weighted by molar-refractivity contribution is 7.19. The van der Waals surface area contributed by atoms with Gasteiger partial charge in [0.25, 0.3) is 5.91 Å². The van der Waals surface area contributed by atoms with Crippen molar-refractivity contribution < 1.29 is 9.53 Å². The number of anilines is 1. The lowest BCUT2D eigenvalue weighted by Gasteiger charge is -2.10. The molecule has 0 unspecified atom stereocenters. The number of aromatic nitrogens is 2. The van der Waals surface area contributed by atoms with Crippen molar-refractivity contribution in [3.05, 3.63) is 59.0 Å². The van der Waals surface area contributed by atoms with Crippen LogP contribution in [0.25, 0.3) is 10.4 Å². The third-order valence-corrected chi connectivity index (χ3v) is 5.54. The maximum Gasteiger partial charge on any atom is 0.259 e. The van der Waals surface area contributed by atoms with Gasteiger partial charge in [-0.05, 0) is 43.9 Å². The molecule has 2 aromatic heterocycles. The number of benzene rings is 1. The molecule has 1 aliphatic rings. The van der Waals surface area contributed by atoms with Gasteiger partial charge in [0.2, 0.25) is 0 Å². The van der Waals surface area contributed by atoms with Crippen LogP contribution >= 0.6 is 11.3 Å². The van der Waals surface area contributed by atoms with E-state index in [0.717, 1.165) is 46.7 Å². The van der Waals surface area contributed by atoms with Crippen LogP contribution in [-0.2, 0) is 12.8 Å². The molecule has 1 N–H and O–H groups in total. The number of methoxy groups -OCH3 is 1. The van der Waals surface area contributed by atoms with Gasteiger partial charge in [0.05, 0.1) is 23.2 Å². The van der Waals surface area contributed by atoms with Crippen molar-refractivity contribution in [2.45, 2.75) is 26.2 Å². The first-order chi connectivity index (χ1) is 12.7. The van der Waals surface area contributed by atoms with Crippen LogP contribution in [0.4, 0.5) is 5.13 Å². The largest absolute Gasteiger partial charge is 0.496 e. The minimum Gasteiger partial charge on any atom is -0.496 e. The number of nitrogens with zero attached hydrogens (tertiary/aromatic N) is 2. The highest BCUT2D eigenvalue weighted by atomic mass is 32.1. The lowest BCUT2D eigenvalue weighted by molar-refractivity contribution is 0.102. The Hall–Kier alpha value is -2.73. The summed E-state index contributed by atoms with van der Waals surface area (Å²) in [6.07, 6.45) is 6.18. The molecule has 26 heavy (non-hydrogen) atoms. The predicted octanol–water partition coefficient (Wildman–Crippen LogP) is 4.26. The van der Waals surface area contributed by atoms with Gasteiger partial charge in [0, 0.05) is 23.5 Å². The second-order valence-corrected chi connectivity index (χ2v) is 7.34. The second-order valence-electron chi connectivity index (χ2n) is 6.34. The van der Waals surface area contributed by atoms with Crippen molar-refractivity contribution in [2.75, 3.05) is 12.4 Å². The molecule has 1 aromatic carbocycles. The fraction of sp³-hybridized carbons (Fsp3) is 0.250. The van der Waals surface area contributed by atoms with Crippen molar-refractivity contribution >= 4 is 22.4 Å². The zero-order chi connectivity index (χ0) is 18.1. The van der Waals surface area contributed by atoms with E-state index >= 15 is 0 Å². The Morgan fingerprint density at radius 2 is 2.15 bits per heavy atom. The first-order valence-electron chi connectivity index (χ1n) is 8.54. The van der Waals surface area contributed by atoms with Gasteiger partial charge in [-0.2, -0.15) is 0 Å². The molecular formula is C20H19N3O2S. The van der Waals surface area contributed by atoms with E-state index in [9.17, 15) is 4.79 Å². The van der Waals surface area contributed by atoms with Gasteiger partial charge < -0.3 is 4.74 Å². The van der Waals surface area contributed by atoms with Crippen LogP contribution in [0.1, 0.15) is 33.6 Å². The van der Waals surface area contributed by atoms with Crippen molar-refractivity contribution in [2.24, 2.45) is 0 Å². The third kappa shape index (κ3) is 3.08. The quantitative estimate of drug-likeness (QED) is 0.753. The Balaban J connectivity index is 1.67. The average Bonchev–Trinajstić information content (AvgIpc) is 2.95. The number of carbonyl (C=O) groups is 1. The Bertz CT molecular complexity index is 981. The number of rotatable bonds is 3. The van der Waals surface area contributed by atoms with E-state index in [1.165, 1.54) is 16.9 Å². The number of fused-ring (bicyclic) bond motifs is 3. The van der Waals surface area contributed by atoms with E-state index in [2.05, 4.69) is 21.4 Å². The van der Waals surface area contributed by atoms with Gasteiger partial charge in [-0.25, -0.2) is 4.98 Å².